The summed E-state index contributed by atoms with van der Waals surface area (Å²) in [5.41, 5.74) is 7.13. The largest absolute Gasteiger partial charge is 0.461 e. The van der Waals surface area contributed by atoms with Crippen LogP contribution < -0.4 is 5.73 Å². The van der Waals surface area contributed by atoms with Gasteiger partial charge in [-0.3, -0.25) is 14.4 Å². The number of hydrogen-bond acceptors (Lipinski definition) is 13. The molecule has 3 rings (SSSR count). The van der Waals surface area contributed by atoms with Crippen LogP contribution >= 0.6 is 23.5 Å². The number of hydrogen-bond donors (Lipinski definition) is 1. The monoisotopic (exact) mass is 934 g/mol. The predicted molar refractivity (Wildman–Crippen MR) is 264 cm³/mol. The third-order valence-corrected chi connectivity index (χ3v) is 12.6. The molecule has 0 aliphatic carbocycles. The molecular formula is C51H83NO10S2. The van der Waals surface area contributed by atoms with Gasteiger partial charge in [0, 0.05) is 68.0 Å². The average Bonchev–Trinajstić information content (AvgIpc) is 3.64. The quantitative estimate of drug-likeness (QED) is 0.0422. The summed E-state index contributed by atoms with van der Waals surface area (Å²) < 4.78 is 30.3. The summed E-state index contributed by atoms with van der Waals surface area (Å²) in [6, 6.07) is 19.3. The van der Waals surface area contributed by atoms with Crippen molar-refractivity contribution in [1.82, 2.24) is 0 Å². The Balaban J connectivity index is 0.000001000. The second-order valence-electron chi connectivity index (χ2n) is 15.6. The van der Waals surface area contributed by atoms with Crippen molar-refractivity contribution in [2.45, 2.75) is 135 Å². The molecule has 64 heavy (non-hydrogen) atoms. The van der Waals surface area contributed by atoms with Gasteiger partial charge in [0.15, 0.2) is 5.12 Å². The first-order chi connectivity index (χ1) is 31.0. The second-order valence-corrected chi connectivity index (χ2v) is 18.3. The Morgan fingerprint density at radius 2 is 1.38 bits per heavy atom. The number of benzene rings is 2. The molecule has 4 atom stereocenters. The fourth-order valence-corrected chi connectivity index (χ4v) is 8.81. The first-order valence-corrected chi connectivity index (χ1v) is 25.2. The molecule has 13 heteroatoms. The number of ketones is 1. The van der Waals surface area contributed by atoms with E-state index >= 15 is 0 Å². The number of rotatable bonds is 32. The Kier molecular flexibility index (Phi) is 41.7. The van der Waals surface area contributed by atoms with Gasteiger partial charge in [-0.2, -0.15) is 11.8 Å². The maximum Gasteiger partial charge on any atom is 0.330 e. The van der Waals surface area contributed by atoms with Crippen LogP contribution in [0.15, 0.2) is 73.3 Å². The summed E-state index contributed by atoms with van der Waals surface area (Å²) in [6.45, 7) is 16.7. The summed E-state index contributed by atoms with van der Waals surface area (Å²) in [5, 5.41) is 1.45. The summed E-state index contributed by atoms with van der Waals surface area (Å²) in [7, 11) is 3.29. The molecule has 0 spiro atoms. The summed E-state index contributed by atoms with van der Waals surface area (Å²) in [6.07, 6.45) is 14.7. The van der Waals surface area contributed by atoms with Gasteiger partial charge in [0.1, 0.15) is 19.0 Å². The lowest BCUT2D eigenvalue weighted by molar-refractivity contribution is -0.144. The summed E-state index contributed by atoms with van der Waals surface area (Å²) in [5.74, 6) is 0.854. The van der Waals surface area contributed by atoms with Gasteiger partial charge in [-0.25, -0.2) is 4.79 Å². The Bertz CT molecular complexity index is 1430. The number of unbranched alkanes of at least 4 members (excludes halogenated alkanes) is 4. The minimum absolute atomic E-state index is 0.0399. The van der Waals surface area contributed by atoms with E-state index in [4.69, 9.17) is 34.2 Å². The standard InChI is InChI=1S/C26H42O5S.C10H10O2.C10H18OS.C5H13NO2/c1-4-5-7-13-24(20-22(2)25(27)14-10-16-30-18-17-29-3)32-19-15-26(28)31-21-23-11-8-6-9-12-23;1-2-10(11)12-8-9-6-4-3-5-7-9;1-3-4-5-6-9-7-8(2)10(11)12-9;1-7-4-5-8-3-2-6/h6,8-9,11-12,22,24H,4-5,7,10,13-21H2,1-3H3;2-7H,1,8H2;8-9H,3-7H2,1-2H3;2-6H2,1H3. The van der Waals surface area contributed by atoms with Crippen LogP contribution in [0.2, 0.25) is 0 Å². The van der Waals surface area contributed by atoms with E-state index in [0.717, 1.165) is 48.6 Å². The molecule has 0 amide bonds. The minimum Gasteiger partial charge on any atom is -0.461 e. The molecule has 0 bridgehead atoms. The van der Waals surface area contributed by atoms with Crippen LogP contribution in [0.25, 0.3) is 0 Å². The number of nitrogens with two attached hydrogens (primary N) is 1. The van der Waals surface area contributed by atoms with Gasteiger partial charge in [0.05, 0.1) is 39.5 Å². The van der Waals surface area contributed by atoms with Crippen molar-refractivity contribution in [2.24, 2.45) is 17.6 Å². The zero-order valence-corrected chi connectivity index (χ0v) is 41.7. The Labute approximate surface area is 395 Å². The molecule has 1 aliphatic rings. The summed E-state index contributed by atoms with van der Waals surface area (Å²) in [4.78, 5) is 46.5. The van der Waals surface area contributed by atoms with Crippen LogP contribution in [0.3, 0.4) is 0 Å². The van der Waals surface area contributed by atoms with E-state index < -0.39 is 0 Å². The number of carbonyl (C=O) groups excluding carboxylic acids is 4. The number of carbonyl (C=O) groups is 4. The zero-order chi connectivity index (χ0) is 47.5. The molecule has 0 radical (unpaired) electrons. The summed E-state index contributed by atoms with van der Waals surface area (Å²) >= 11 is 3.40. The van der Waals surface area contributed by atoms with Crippen LogP contribution in [0, 0.1) is 11.8 Å². The Morgan fingerprint density at radius 1 is 0.797 bits per heavy atom. The molecule has 11 nitrogen and oxygen atoms in total. The first kappa shape index (κ1) is 61.0. The van der Waals surface area contributed by atoms with Crippen LogP contribution in [-0.4, -0.2) is 99.5 Å². The van der Waals surface area contributed by atoms with Crippen LogP contribution in [-0.2, 0) is 60.8 Å². The Hall–Kier alpha value is -3.04. The third kappa shape index (κ3) is 36.2. The normalized spacial score (nSPS) is 15.0. The van der Waals surface area contributed by atoms with E-state index in [9.17, 15) is 19.2 Å². The van der Waals surface area contributed by atoms with Crippen molar-refractivity contribution in [2.75, 3.05) is 66.2 Å². The van der Waals surface area contributed by atoms with Gasteiger partial charge in [0.25, 0.3) is 0 Å². The van der Waals surface area contributed by atoms with Crippen molar-refractivity contribution in [3.63, 3.8) is 0 Å². The molecule has 364 valence electrons. The first-order valence-electron chi connectivity index (χ1n) is 23.3. The van der Waals surface area contributed by atoms with E-state index in [1.54, 1.807) is 26.0 Å². The molecule has 4 unspecified atom stereocenters. The van der Waals surface area contributed by atoms with Gasteiger partial charge in [0.2, 0.25) is 0 Å². The van der Waals surface area contributed by atoms with Crippen molar-refractivity contribution >= 4 is 46.4 Å². The highest BCUT2D eigenvalue weighted by Crippen LogP contribution is 2.35. The molecule has 2 N–H and O–H groups in total. The topological polar surface area (TPSA) is 150 Å². The highest BCUT2D eigenvalue weighted by atomic mass is 32.2. The van der Waals surface area contributed by atoms with Gasteiger partial charge >= 0.3 is 11.9 Å². The number of thioether (sulfide) groups is 2. The third-order valence-electron chi connectivity index (χ3n) is 9.86. The molecule has 1 heterocycles. The predicted octanol–water partition coefficient (Wildman–Crippen LogP) is 10.6. The lowest BCUT2D eigenvalue weighted by atomic mass is 9.95. The maximum absolute atomic E-state index is 12.5. The van der Waals surface area contributed by atoms with Crippen LogP contribution in [0.4, 0.5) is 0 Å². The van der Waals surface area contributed by atoms with Crippen LogP contribution in [0.5, 0.6) is 0 Å². The van der Waals surface area contributed by atoms with Gasteiger partial charge in [-0.1, -0.05) is 145 Å². The highest BCUT2D eigenvalue weighted by molar-refractivity contribution is 8.14. The van der Waals surface area contributed by atoms with Crippen molar-refractivity contribution in [3.05, 3.63) is 84.4 Å². The molecule has 0 saturated carbocycles. The van der Waals surface area contributed by atoms with Gasteiger partial charge in [-0.15, -0.1) is 0 Å². The van der Waals surface area contributed by atoms with Crippen molar-refractivity contribution in [1.29, 1.82) is 0 Å². The second kappa shape index (κ2) is 43.8. The maximum atomic E-state index is 12.5. The smallest absolute Gasteiger partial charge is 0.330 e. The van der Waals surface area contributed by atoms with Gasteiger partial charge < -0.3 is 34.2 Å². The van der Waals surface area contributed by atoms with Crippen LogP contribution in [0.1, 0.15) is 122 Å². The molecule has 1 saturated heterocycles. The number of esters is 2. The van der Waals surface area contributed by atoms with E-state index in [1.807, 2.05) is 79.3 Å². The number of ether oxygens (including phenoxy) is 6. The molecular weight excluding hydrogens is 851 g/mol. The van der Waals surface area contributed by atoms with Crippen molar-refractivity contribution < 1.29 is 47.6 Å². The molecule has 1 aliphatic heterocycles. The lowest BCUT2D eigenvalue weighted by Crippen LogP contribution is -2.18. The highest BCUT2D eigenvalue weighted by Gasteiger charge is 2.29. The van der Waals surface area contributed by atoms with Gasteiger partial charge in [-0.05, 0) is 43.2 Å². The number of methoxy groups -OCH3 is 2. The fourth-order valence-electron chi connectivity index (χ4n) is 6.11. The lowest BCUT2D eigenvalue weighted by Gasteiger charge is -2.20. The molecule has 2 aromatic carbocycles. The minimum atomic E-state index is -0.390. The van der Waals surface area contributed by atoms with E-state index in [0.29, 0.717) is 99.6 Å². The molecule has 0 aromatic heterocycles. The fraction of sp³-hybridized carbons (Fsp3) is 0.647. The van der Waals surface area contributed by atoms with Crippen molar-refractivity contribution in [3.8, 4) is 0 Å². The van der Waals surface area contributed by atoms with E-state index in [1.165, 1.54) is 44.9 Å². The molecule has 2 aromatic rings. The molecule has 1 fully saturated rings. The van der Waals surface area contributed by atoms with E-state index in [2.05, 4.69) is 27.4 Å². The number of Topliss-reactive ketones (excluding diaryl/α,β-unsaturated/α-hetero) is 1. The van der Waals surface area contributed by atoms with E-state index in [-0.39, 0.29) is 17.9 Å². The zero-order valence-electron chi connectivity index (χ0n) is 40.1. The SMILES string of the molecule is C=CC(=O)OCc1ccccc1.CCCCCC(CC(C)C(=O)CCCOCCOC)SCCC(=O)OCc1ccccc1.CCCCCC1CC(C)C(=O)S1.COCCOCCN. The Morgan fingerprint density at radius 3 is 1.91 bits per heavy atom. The average molecular weight is 934 g/mol.